The third kappa shape index (κ3) is 3.43. The van der Waals surface area contributed by atoms with Crippen LogP contribution < -0.4 is 10.6 Å². The molecule has 0 saturated carbocycles. The highest BCUT2D eigenvalue weighted by molar-refractivity contribution is 6.30. The van der Waals surface area contributed by atoms with Crippen LogP contribution in [0.1, 0.15) is 35.9 Å². The Bertz CT molecular complexity index is 1090. The van der Waals surface area contributed by atoms with Gasteiger partial charge in [-0.3, -0.25) is 4.79 Å². The zero-order valence-corrected chi connectivity index (χ0v) is 16.6. The van der Waals surface area contributed by atoms with Gasteiger partial charge in [0.05, 0.1) is 17.4 Å². The van der Waals surface area contributed by atoms with Crippen molar-refractivity contribution in [3.8, 4) is 0 Å². The largest absolute Gasteiger partial charge is 0.372 e. The molecule has 3 aromatic carbocycles. The third-order valence-electron chi connectivity index (χ3n) is 5.78. The van der Waals surface area contributed by atoms with Crippen molar-refractivity contribution in [2.75, 3.05) is 10.6 Å². The Morgan fingerprint density at radius 1 is 0.759 bits per heavy atom. The highest BCUT2D eigenvalue weighted by atomic mass is 35.5. The van der Waals surface area contributed by atoms with Gasteiger partial charge < -0.3 is 10.6 Å². The number of fused-ring (bicyclic) bond motifs is 1. The standard InChI is InChI=1S/C25H21ClN2O/c26-19-12-10-17(11-13-19)25-24-22(27-20-8-4-5-9-21(20)28-25)14-18(15-23(24)29)16-6-2-1-3-7-16/h1-13,18,25,27-28H,14-15H2. The van der Waals surface area contributed by atoms with Gasteiger partial charge >= 0.3 is 0 Å². The van der Waals surface area contributed by atoms with E-state index in [0.29, 0.717) is 11.4 Å². The highest BCUT2D eigenvalue weighted by Crippen LogP contribution is 2.44. The van der Waals surface area contributed by atoms with Crippen LogP contribution in [0.15, 0.2) is 90.1 Å². The molecule has 1 heterocycles. The van der Waals surface area contributed by atoms with Crippen LogP contribution in [0.2, 0.25) is 5.02 Å². The smallest absolute Gasteiger partial charge is 0.163 e. The number of carbonyl (C=O) groups is 1. The van der Waals surface area contributed by atoms with Crippen LogP contribution in [0.4, 0.5) is 11.4 Å². The molecule has 0 radical (unpaired) electrons. The zero-order valence-electron chi connectivity index (χ0n) is 15.9. The number of halogens is 1. The van der Waals surface area contributed by atoms with Gasteiger partial charge in [-0.25, -0.2) is 0 Å². The first-order valence-corrected chi connectivity index (χ1v) is 10.3. The first-order valence-electron chi connectivity index (χ1n) is 9.88. The molecule has 0 fully saturated rings. The zero-order chi connectivity index (χ0) is 19.8. The number of nitrogens with one attached hydrogen (secondary N) is 2. The molecular weight excluding hydrogens is 380 g/mol. The number of anilines is 2. The normalized spacial score (nSPS) is 20.8. The lowest BCUT2D eigenvalue weighted by molar-refractivity contribution is -0.116. The maximum absolute atomic E-state index is 13.4. The summed E-state index contributed by atoms with van der Waals surface area (Å²) in [7, 11) is 0. The number of rotatable bonds is 2. The SMILES string of the molecule is O=C1CC(c2ccccc2)CC2=C1C(c1ccc(Cl)cc1)Nc1ccccc1N2. The molecule has 3 aromatic rings. The van der Waals surface area contributed by atoms with Gasteiger partial charge in [-0.1, -0.05) is 66.2 Å². The van der Waals surface area contributed by atoms with Crippen molar-refractivity contribution in [2.45, 2.75) is 24.8 Å². The summed E-state index contributed by atoms with van der Waals surface area (Å²) in [6.45, 7) is 0. The van der Waals surface area contributed by atoms with E-state index in [9.17, 15) is 4.79 Å². The van der Waals surface area contributed by atoms with Crippen molar-refractivity contribution in [1.82, 2.24) is 0 Å². The van der Waals surface area contributed by atoms with E-state index in [-0.39, 0.29) is 17.7 Å². The van der Waals surface area contributed by atoms with E-state index in [1.54, 1.807) is 0 Å². The van der Waals surface area contributed by atoms with Crippen molar-refractivity contribution in [2.24, 2.45) is 0 Å². The number of benzene rings is 3. The van der Waals surface area contributed by atoms with Gasteiger partial charge in [0.15, 0.2) is 5.78 Å². The lowest BCUT2D eigenvalue weighted by Crippen LogP contribution is -2.26. The Hall–Kier alpha value is -3.04. The fraction of sp³-hybridized carbons (Fsp3) is 0.160. The summed E-state index contributed by atoms with van der Waals surface area (Å²) in [6.07, 6.45) is 1.33. The van der Waals surface area contributed by atoms with E-state index in [1.165, 1.54) is 5.56 Å². The van der Waals surface area contributed by atoms with E-state index in [2.05, 4.69) is 22.8 Å². The average molecular weight is 401 g/mol. The summed E-state index contributed by atoms with van der Waals surface area (Å²) in [6, 6.07) is 26.0. The van der Waals surface area contributed by atoms with E-state index in [4.69, 9.17) is 11.6 Å². The van der Waals surface area contributed by atoms with Gasteiger partial charge in [0.1, 0.15) is 0 Å². The van der Waals surface area contributed by atoms with Crippen LogP contribution in [-0.2, 0) is 4.79 Å². The molecule has 2 unspecified atom stereocenters. The van der Waals surface area contributed by atoms with Crippen molar-refractivity contribution < 1.29 is 4.79 Å². The van der Waals surface area contributed by atoms with Crippen molar-refractivity contribution in [1.29, 1.82) is 0 Å². The number of ketones is 1. The molecule has 0 spiro atoms. The molecule has 0 saturated heterocycles. The number of carbonyl (C=O) groups excluding carboxylic acids is 1. The monoisotopic (exact) mass is 400 g/mol. The summed E-state index contributed by atoms with van der Waals surface area (Å²) in [5.74, 6) is 0.374. The predicted octanol–water partition coefficient (Wildman–Crippen LogP) is 6.32. The van der Waals surface area contributed by atoms with Crippen LogP contribution in [0.25, 0.3) is 0 Å². The number of allylic oxidation sites excluding steroid dienone is 1. The molecule has 0 bridgehead atoms. The van der Waals surface area contributed by atoms with Crippen molar-refractivity contribution >= 4 is 28.8 Å². The Balaban J connectivity index is 1.61. The Kier molecular flexibility index (Phi) is 4.61. The average Bonchev–Trinajstić information content (AvgIpc) is 2.92. The number of hydrogen-bond donors (Lipinski definition) is 2. The summed E-state index contributed by atoms with van der Waals surface area (Å²) >= 11 is 6.11. The van der Waals surface area contributed by atoms with Crippen LogP contribution in [0, 0.1) is 0 Å². The molecule has 0 amide bonds. The minimum atomic E-state index is -0.206. The summed E-state index contributed by atoms with van der Waals surface area (Å²) in [5, 5.41) is 7.86. The van der Waals surface area contributed by atoms with E-state index >= 15 is 0 Å². The molecule has 144 valence electrons. The van der Waals surface area contributed by atoms with Gasteiger partial charge in [0.25, 0.3) is 0 Å². The molecule has 1 aliphatic heterocycles. The number of para-hydroxylation sites is 2. The summed E-state index contributed by atoms with van der Waals surface area (Å²) in [5.41, 5.74) is 6.07. The molecule has 29 heavy (non-hydrogen) atoms. The Labute approximate surface area is 175 Å². The van der Waals surface area contributed by atoms with Crippen LogP contribution in [0.3, 0.4) is 0 Å². The molecule has 3 nitrogen and oxygen atoms in total. The highest BCUT2D eigenvalue weighted by Gasteiger charge is 2.35. The maximum Gasteiger partial charge on any atom is 0.163 e. The van der Waals surface area contributed by atoms with Gasteiger partial charge in [-0.15, -0.1) is 0 Å². The van der Waals surface area contributed by atoms with Crippen LogP contribution >= 0.6 is 11.6 Å². The van der Waals surface area contributed by atoms with E-state index < -0.39 is 0 Å². The van der Waals surface area contributed by atoms with Gasteiger partial charge in [0, 0.05) is 22.7 Å². The Morgan fingerprint density at radius 2 is 1.45 bits per heavy atom. The van der Waals surface area contributed by atoms with Crippen LogP contribution in [-0.4, -0.2) is 5.78 Å². The number of Topliss-reactive ketones (excluding diaryl/α,β-unsaturated/α-hetero) is 1. The molecular formula is C25H21ClN2O. The van der Waals surface area contributed by atoms with Gasteiger partial charge in [-0.05, 0) is 47.7 Å². The molecule has 0 aromatic heterocycles. The third-order valence-corrected chi connectivity index (χ3v) is 6.04. The first-order chi connectivity index (χ1) is 14.2. The lowest BCUT2D eigenvalue weighted by atomic mass is 9.78. The summed E-state index contributed by atoms with van der Waals surface area (Å²) < 4.78 is 0. The van der Waals surface area contributed by atoms with Crippen LogP contribution in [0.5, 0.6) is 0 Å². The maximum atomic E-state index is 13.4. The second-order valence-electron chi connectivity index (χ2n) is 7.63. The second kappa shape index (κ2) is 7.41. The molecule has 5 rings (SSSR count). The van der Waals surface area contributed by atoms with E-state index in [1.807, 2.05) is 66.7 Å². The minimum Gasteiger partial charge on any atom is -0.372 e. The van der Waals surface area contributed by atoms with Gasteiger partial charge in [-0.2, -0.15) is 0 Å². The molecule has 2 aliphatic rings. The van der Waals surface area contributed by atoms with Crippen molar-refractivity contribution in [3.05, 3.63) is 106 Å². The second-order valence-corrected chi connectivity index (χ2v) is 8.07. The van der Waals surface area contributed by atoms with Gasteiger partial charge in [0.2, 0.25) is 0 Å². The topological polar surface area (TPSA) is 41.1 Å². The fourth-order valence-electron chi connectivity index (χ4n) is 4.36. The predicted molar refractivity (Wildman–Crippen MR) is 118 cm³/mol. The number of hydrogen-bond acceptors (Lipinski definition) is 3. The van der Waals surface area contributed by atoms with E-state index in [0.717, 1.165) is 34.6 Å². The quantitative estimate of drug-likeness (QED) is 0.528. The molecule has 4 heteroatoms. The Morgan fingerprint density at radius 3 is 2.21 bits per heavy atom. The first kappa shape index (κ1) is 18.0. The lowest BCUT2D eigenvalue weighted by Gasteiger charge is -2.30. The van der Waals surface area contributed by atoms with Crippen molar-refractivity contribution in [3.63, 3.8) is 0 Å². The molecule has 1 aliphatic carbocycles. The fourth-order valence-corrected chi connectivity index (χ4v) is 4.48. The minimum absolute atomic E-state index is 0.186. The molecule has 2 N–H and O–H groups in total. The summed E-state index contributed by atoms with van der Waals surface area (Å²) in [4.78, 5) is 13.4. The molecule has 2 atom stereocenters.